The second-order valence-corrected chi connectivity index (χ2v) is 5.83. The molecule has 0 aliphatic carbocycles. The Morgan fingerprint density at radius 3 is 1.45 bits per heavy atom. The highest BCUT2D eigenvalue weighted by atomic mass is 79.9. The molecular weight excluding hydrogens is 336 g/mol. The Balaban J connectivity index is 2.18. The Bertz CT molecular complexity index is 681. The molecule has 0 unspecified atom stereocenters. The molecule has 0 atom stereocenters. The van der Waals surface area contributed by atoms with Gasteiger partial charge in [-0.05, 0) is 22.3 Å². The summed E-state index contributed by atoms with van der Waals surface area (Å²) in [4.78, 5) is 0. The van der Waals surface area contributed by atoms with Crippen LogP contribution in [-0.4, -0.2) is 5.11 Å². The summed E-state index contributed by atoms with van der Waals surface area (Å²) in [6.45, 7) is 0. The van der Waals surface area contributed by atoms with Gasteiger partial charge in [0.1, 0.15) is 5.60 Å². The fourth-order valence-corrected chi connectivity index (χ4v) is 3.07. The Morgan fingerprint density at radius 2 is 1.05 bits per heavy atom. The van der Waals surface area contributed by atoms with Gasteiger partial charge in [-0.1, -0.05) is 101 Å². The third-order valence-electron chi connectivity index (χ3n) is 3.91. The molecule has 0 saturated heterocycles. The summed E-state index contributed by atoms with van der Waals surface area (Å²) in [7, 11) is 0. The van der Waals surface area contributed by atoms with Crippen molar-refractivity contribution in [1.82, 2.24) is 0 Å². The molecule has 0 saturated carbocycles. The number of aliphatic hydroxyl groups is 1. The minimum absolute atomic E-state index is 0.808. The largest absolute Gasteiger partial charge is 0.376 e. The number of halogens is 1. The summed E-state index contributed by atoms with van der Waals surface area (Å²) < 4.78 is 0. The van der Waals surface area contributed by atoms with Crippen LogP contribution in [0.5, 0.6) is 0 Å². The van der Waals surface area contributed by atoms with Crippen LogP contribution in [0.4, 0.5) is 0 Å². The molecule has 0 aliphatic rings. The smallest absolute Gasteiger partial charge is 0.140 e. The first-order valence-corrected chi connectivity index (χ1v) is 8.36. The van der Waals surface area contributed by atoms with Crippen molar-refractivity contribution < 1.29 is 5.11 Å². The Hall–Kier alpha value is -1.90. The lowest BCUT2D eigenvalue weighted by Gasteiger charge is -2.30. The molecule has 1 nitrogen and oxygen atoms in total. The van der Waals surface area contributed by atoms with Crippen LogP contribution in [0.3, 0.4) is 0 Å². The quantitative estimate of drug-likeness (QED) is 0.524. The SMILES string of the molecule is OC(c1ccccc1)(c1ccccc1)c1ccc(CBr)cc1. The highest BCUT2D eigenvalue weighted by molar-refractivity contribution is 9.08. The van der Waals surface area contributed by atoms with Crippen molar-refractivity contribution in [2.75, 3.05) is 0 Å². The van der Waals surface area contributed by atoms with Crippen LogP contribution in [0.2, 0.25) is 0 Å². The molecule has 22 heavy (non-hydrogen) atoms. The minimum atomic E-state index is -1.15. The van der Waals surface area contributed by atoms with E-state index in [0.29, 0.717) is 0 Å². The van der Waals surface area contributed by atoms with Gasteiger partial charge >= 0.3 is 0 Å². The molecule has 3 rings (SSSR count). The van der Waals surface area contributed by atoms with Crippen molar-refractivity contribution in [3.05, 3.63) is 107 Å². The van der Waals surface area contributed by atoms with Crippen LogP contribution in [0.1, 0.15) is 22.3 Å². The zero-order chi connectivity index (χ0) is 15.4. The molecular formula is C20H17BrO. The average molecular weight is 353 g/mol. The maximum atomic E-state index is 11.6. The molecule has 1 N–H and O–H groups in total. The van der Waals surface area contributed by atoms with Gasteiger partial charge in [0.2, 0.25) is 0 Å². The minimum Gasteiger partial charge on any atom is -0.376 e. The van der Waals surface area contributed by atoms with Gasteiger partial charge in [0.05, 0.1) is 0 Å². The predicted octanol–water partition coefficient (Wildman–Crippen LogP) is 4.87. The van der Waals surface area contributed by atoms with Crippen molar-refractivity contribution in [2.45, 2.75) is 10.9 Å². The summed E-state index contributed by atoms with van der Waals surface area (Å²) in [5.41, 5.74) is 2.65. The van der Waals surface area contributed by atoms with E-state index in [1.807, 2.05) is 84.9 Å². The molecule has 110 valence electrons. The predicted molar refractivity (Wildman–Crippen MR) is 94.1 cm³/mol. The van der Waals surface area contributed by atoms with Gasteiger partial charge in [0, 0.05) is 5.33 Å². The number of alkyl halides is 1. The maximum Gasteiger partial charge on any atom is 0.140 e. The second-order valence-electron chi connectivity index (χ2n) is 5.27. The van der Waals surface area contributed by atoms with E-state index >= 15 is 0 Å². The van der Waals surface area contributed by atoms with Gasteiger partial charge in [-0.25, -0.2) is 0 Å². The molecule has 0 aromatic heterocycles. The third-order valence-corrected chi connectivity index (χ3v) is 4.56. The zero-order valence-electron chi connectivity index (χ0n) is 12.1. The van der Waals surface area contributed by atoms with Crippen LogP contribution in [0.15, 0.2) is 84.9 Å². The lowest BCUT2D eigenvalue weighted by atomic mass is 9.80. The maximum absolute atomic E-state index is 11.6. The fraction of sp³-hybridized carbons (Fsp3) is 0.100. The summed E-state index contributed by atoms with van der Waals surface area (Å²) in [5.74, 6) is 0. The normalized spacial score (nSPS) is 11.4. The molecule has 0 amide bonds. The molecule has 3 aromatic carbocycles. The van der Waals surface area contributed by atoms with Gasteiger partial charge in [-0.2, -0.15) is 0 Å². The third kappa shape index (κ3) is 2.72. The lowest BCUT2D eigenvalue weighted by Crippen LogP contribution is -2.28. The van der Waals surface area contributed by atoms with Crippen LogP contribution in [-0.2, 0) is 10.9 Å². The first-order chi connectivity index (χ1) is 10.7. The van der Waals surface area contributed by atoms with Gasteiger partial charge in [-0.15, -0.1) is 0 Å². The summed E-state index contributed by atoms with van der Waals surface area (Å²) in [6, 6.07) is 27.7. The molecule has 0 bridgehead atoms. The Labute approximate surface area is 139 Å². The van der Waals surface area contributed by atoms with E-state index in [9.17, 15) is 5.11 Å². The topological polar surface area (TPSA) is 20.2 Å². The van der Waals surface area contributed by atoms with Crippen molar-refractivity contribution in [3.63, 3.8) is 0 Å². The number of hydrogen-bond donors (Lipinski definition) is 1. The zero-order valence-corrected chi connectivity index (χ0v) is 13.7. The molecule has 2 heteroatoms. The second kappa shape index (κ2) is 6.47. The molecule has 0 aliphatic heterocycles. The number of hydrogen-bond acceptors (Lipinski definition) is 1. The van der Waals surface area contributed by atoms with Crippen molar-refractivity contribution in [1.29, 1.82) is 0 Å². The molecule has 0 radical (unpaired) electrons. The van der Waals surface area contributed by atoms with Crippen LogP contribution < -0.4 is 0 Å². The van der Waals surface area contributed by atoms with Gasteiger partial charge in [0.25, 0.3) is 0 Å². The monoisotopic (exact) mass is 352 g/mol. The summed E-state index contributed by atoms with van der Waals surface area (Å²) in [5, 5.41) is 12.4. The number of benzene rings is 3. The van der Waals surface area contributed by atoms with E-state index in [1.165, 1.54) is 5.56 Å². The number of rotatable bonds is 4. The van der Waals surface area contributed by atoms with Crippen molar-refractivity contribution in [2.24, 2.45) is 0 Å². The van der Waals surface area contributed by atoms with Gasteiger partial charge in [0.15, 0.2) is 0 Å². The highest BCUT2D eigenvalue weighted by Crippen LogP contribution is 2.36. The van der Waals surface area contributed by atoms with Crippen LogP contribution in [0.25, 0.3) is 0 Å². The van der Waals surface area contributed by atoms with Crippen LogP contribution in [0, 0.1) is 0 Å². The average Bonchev–Trinajstić information content (AvgIpc) is 2.62. The highest BCUT2D eigenvalue weighted by Gasteiger charge is 2.33. The van der Waals surface area contributed by atoms with E-state index in [-0.39, 0.29) is 0 Å². The van der Waals surface area contributed by atoms with E-state index < -0.39 is 5.60 Å². The first kappa shape index (κ1) is 15.0. The van der Waals surface area contributed by atoms with Crippen molar-refractivity contribution in [3.8, 4) is 0 Å². The Kier molecular flexibility index (Phi) is 4.41. The van der Waals surface area contributed by atoms with Crippen LogP contribution >= 0.6 is 15.9 Å². The standard InChI is InChI=1S/C20H17BrO/c21-15-16-11-13-19(14-12-16)20(22,17-7-3-1-4-8-17)18-9-5-2-6-10-18/h1-14,22H,15H2. The fourth-order valence-electron chi connectivity index (χ4n) is 2.69. The van der Waals surface area contributed by atoms with E-state index in [1.54, 1.807) is 0 Å². The first-order valence-electron chi connectivity index (χ1n) is 7.24. The van der Waals surface area contributed by atoms with Crippen molar-refractivity contribution >= 4 is 15.9 Å². The summed E-state index contributed by atoms with van der Waals surface area (Å²) >= 11 is 3.46. The molecule has 3 aromatic rings. The van der Waals surface area contributed by atoms with E-state index in [2.05, 4.69) is 15.9 Å². The Morgan fingerprint density at radius 1 is 0.636 bits per heavy atom. The molecule has 0 heterocycles. The lowest BCUT2D eigenvalue weighted by molar-refractivity contribution is 0.125. The summed E-state index contributed by atoms with van der Waals surface area (Å²) in [6.07, 6.45) is 0. The van der Waals surface area contributed by atoms with Gasteiger partial charge < -0.3 is 5.11 Å². The van der Waals surface area contributed by atoms with E-state index in [4.69, 9.17) is 0 Å². The molecule has 0 spiro atoms. The molecule has 0 fully saturated rings. The van der Waals surface area contributed by atoms with E-state index in [0.717, 1.165) is 22.0 Å². The van der Waals surface area contributed by atoms with Gasteiger partial charge in [-0.3, -0.25) is 0 Å².